The van der Waals surface area contributed by atoms with Gasteiger partial charge in [-0.25, -0.2) is 9.69 Å². The average Bonchev–Trinajstić information content (AvgIpc) is 3.09. The molecule has 1 N–H and O–H groups in total. The Morgan fingerprint density at radius 3 is 2.74 bits per heavy atom. The summed E-state index contributed by atoms with van der Waals surface area (Å²) in [7, 11) is 0. The van der Waals surface area contributed by atoms with Crippen molar-refractivity contribution in [2.75, 3.05) is 4.90 Å². The summed E-state index contributed by atoms with van der Waals surface area (Å²) in [5, 5.41) is 9.21. The summed E-state index contributed by atoms with van der Waals surface area (Å²) >= 11 is 5.85. The number of carbonyl (C=O) groups is 3. The zero-order chi connectivity index (χ0) is 16.5. The number of hydrogen-bond acceptors (Lipinski definition) is 4. The summed E-state index contributed by atoms with van der Waals surface area (Å²) in [6, 6.07) is 4.10. The molecule has 0 radical (unpaired) electrons. The van der Waals surface area contributed by atoms with Crippen LogP contribution in [0.15, 0.2) is 30.4 Å². The third-order valence-corrected chi connectivity index (χ3v) is 5.10. The molecule has 0 saturated carbocycles. The molecule has 3 aliphatic heterocycles. The second kappa shape index (κ2) is 4.43. The molecule has 4 rings (SSSR count). The van der Waals surface area contributed by atoms with Crippen LogP contribution in [0.4, 0.5) is 5.69 Å². The fourth-order valence-corrected chi connectivity index (χ4v) is 3.92. The van der Waals surface area contributed by atoms with E-state index in [2.05, 4.69) is 0 Å². The van der Waals surface area contributed by atoms with Crippen LogP contribution in [0.5, 0.6) is 0 Å². The Morgan fingerprint density at radius 2 is 2.09 bits per heavy atom. The second-order valence-electron chi connectivity index (χ2n) is 6.11. The van der Waals surface area contributed by atoms with Crippen molar-refractivity contribution in [1.29, 1.82) is 0 Å². The Labute approximate surface area is 136 Å². The molecule has 2 fully saturated rings. The van der Waals surface area contributed by atoms with E-state index < -0.39 is 29.5 Å². The standard InChI is InChI=1S/C16H12ClNO5/c1-16-5-4-10(23-16)11-12(16)14(20)18(13(11)19)7-2-3-9(17)8(6-7)15(21)22/h2-6,10-12H,1H3,(H,21,22)/t10-,11+,12+,16+/m1/s1. The molecule has 0 spiro atoms. The van der Waals surface area contributed by atoms with E-state index in [-0.39, 0.29) is 28.1 Å². The monoisotopic (exact) mass is 333 g/mol. The number of fused-ring (bicyclic) bond motifs is 5. The summed E-state index contributed by atoms with van der Waals surface area (Å²) in [5.74, 6) is -3.08. The van der Waals surface area contributed by atoms with Crippen molar-refractivity contribution in [3.63, 3.8) is 0 Å². The summed E-state index contributed by atoms with van der Waals surface area (Å²) in [6.45, 7) is 1.79. The van der Waals surface area contributed by atoms with Crippen LogP contribution in [0.2, 0.25) is 5.02 Å². The van der Waals surface area contributed by atoms with E-state index in [1.807, 2.05) is 6.08 Å². The highest BCUT2D eigenvalue weighted by Crippen LogP contribution is 2.52. The van der Waals surface area contributed by atoms with Crippen LogP contribution < -0.4 is 4.90 Å². The van der Waals surface area contributed by atoms with Crippen LogP contribution in [0, 0.1) is 11.8 Å². The summed E-state index contributed by atoms with van der Waals surface area (Å²) in [4.78, 5) is 37.7. The van der Waals surface area contributed by atoms with Crippen molar-refractivity contribution in [3.8, 4) is 0 Å². The fourth-order valence-electron chi connectivity index (χ4n) is 3.72. The number of aromatic carboxylic acids is 1. The average molecular weight is 334 g/mol. The highest BCUT2D eigenvalue weighted by atomic mass is 35.5. The lowest BCUT2D eigenvalue weighted by molar-refractivity contribution is -0.126. The molecule has 1 aromatic rings. The number of nitrogens with zero attached hydrogens (tertiary/aromatic N) is 1. The topological polar surface area (TPSA) is 83.9 Å². The van der Waals surface area contributed by atoms with Crippen LogP contribution in [0.25, 0.3) is 0 Å². The van der Waals surface area contributed by atoms with E-state index in [0.29, 0.717) is 0 Å². The number of anilines is 1. The second-order valence-corrected chi connectivity index (χ2v) is 6.52. The van der Waals surface area contributed by atoms with Crippen molar-refractivity contribution >= 4 is 35.1 Å². The van der Waals surface area contributed by atoms with Gasteiger partial charge in [0.2, 0.25) is 11.8 Å². The van der Waals surface area contributed by atoms with E-state index in [1.165, 1.54) is 18.2 Å². The zero-order valence-electron chi connectivity index (χ0n) is 12.0. The maximum atomic E-state index is 12.8. The molecule has 7 heteroatoms. The maximum Gasteiger partial charge on any atom is 0.337 e. The molecule has 4 atom stereocenters. The van der Waals surface area contributed by atoms with Gasteiger partial charge < -0.3 is 9.84 Å². The minimum atomic E-state index is -1.21. The first kappa shape index (κ1) is 14.4. The van der Waals surface area contributed by atoms with E-state index in [0.717, 1.165) is 4.90 Å². The van der Waals surface area contributed by atoms with Crippen molar-refractivity contribution in [2.45, 2.75) is 18.6 Å². The largest absolute Gasteiger partial charge is 0.478 e. The molecule has 23 heavy (non-hydrogen) atoms. The predicted octanol–water partition coefficient (Wildman–Crippen LogP) is 1.87. The van der Waals surface area contributed by atoms with E-state index >= 15 is 0 Å². The van der Waals surface area contributed by atoms with Crippen LogP contribution >= 0.6 is 11.6 Å². The summed E-state index contributed by atoms with van der Waals surface area (Å²) < 4.78 is 5.74. The molecule has 0 aromatic heterocycles. The van der Waals surface area contributed by atoms with Crippen LogP contribution in [-0.2, 0) is 14.3 Å². The first-order chi connectivity index (χ1) is 10.8. The Hall–Kier alpha value is -2.18. The molecule has 0 unspecified atom stereocenters. The Balaban J connectivity index is 1.78. The number of carboxylic acid groups (broad SMARTS) is 1. The van der Waals surface area contributed by atoms with Gasteiger partial charge in [0.15, 0.2) is 0 Å². The smallest absolute Gasteiger partial charge is 0.337 e. The lowest BCUT2D eigenvalue weighted by Gasteiger charge is -2.24. The SMILES string of the molecule is C[C@@]12C=C[C@@H](O1)[C@@H]1C(=O)N(c3ccc(Cl)c(C(=O)O)c3)C(=O)[C@H]12. The Bertz CT molecular complexity index is 804. The lowest BCUT2D eigenvalue weighted by atomic mass is 9.78. The van der Waals surface area contributed by atoms with Crippen molar-refractivity contribution in [3.05, 3.63) is 40.9 Å². The molecule has 2 amide bonds. The molecular formula is C16H12ClNO5. The molecule has 0 aliphatic carbocycles. The normalized spacial score (nSPS) is 34.3. The number of carbonyl (C=O) groups excluding carboxylic acids is 2. The van der Waals surface area contributed by atoms with Crippen LogP contribution in [-0.4, -0.2) is 34.6 Å². The van der Waals surface area contributed by atoms with E-state index in [4.69, 9.17) is 21.4 Å². The van der Waals surface area contributed by atoms with Crippen LogP contribution in [0.1, 0.15) is 17.3 Å². The van der Waals surface area contributed by atoms with Gasteiger partial charge in [-0.2, -0.15) is 0 Å². The van der Waals surface area contributed by atoms with Gasteiger partial charge in [0, 0.05) is 0 Å². The van der Waals surface area contributed by atoms with Gasteiger partial charge >= 0.3 is 5.97 Å². The number of carboxylic acids is 1. The van der Waals surface area contributed by atoms with Gasteiger partial charge in [-0.3, -0.25) is 9.59 Å². The summed E-state index contributed by atoms with van der Waals surface area (Å²) in [6.07, 6.45) is 3.22. The van der Waals surface area contributed by atoms with E-state index in [9.17, 15) is 14.4 Å². The van der Waals surface area contributed by atoms with Gasteiger partial charge in [0.05, 0.1) is 39.8 Å². The summed E-state index contributed by atoms with van der Waals surface area (Å²) in [5.41, 5.74) is -0.705. The van der Waals surface area contributed by atoms with Crippen molar-refractivity contribution in [1.82, 2.24) is 0 Å². The third-order valence-electron chi connectivity index (χ3n) is 4.77. The van der Waals surface area contributed by atoms with Gasteiger partial charge in [0.25, 0.3) is 0 Å². The minimum Gasteiger partial charge on any atom is -0.478 e. The molecular weight excluding hydrogens is 322 g/mol. The number of imide groups is 1. The fraction of sp³-hybridized carbons (Fsp3) is 0.312. The Morgan fingerprint density at radius 1 is 1.35 bits per heavy atom. The number of rotatable bonds is 2. The van der Waals surface area contributed by atoms with Gasteiger partial charge in [-0.15, -0.1) is 0 Å². The highest BCUT2D eigenvalue weighted by Gasteiger charge is 2.66. The van der Waals surface area contributed by atoms with Crippen LogP contribution in [0.3, 0.4) is 0 Å². The number of ether oxygens (including phenoxy) is 1. The maximum absolute atomic E-state index is 12.8. The van der Waals surface area contributed by atoms with Gasteiger partial charge in [-0.1, -0.05) is 23.8 Å². The van der Waals surface area contributed by atoms with Gasteiger partial charge in [0.1, 0.15) is 0 Å². The number of halogens is 1. The molecule has 1 aromatic carbocycles. The molecule has 118 valence electrons. The van der Waals surface area contributed by atoms with E-state index in [1.54, 1.807) is 13.0 Å². The van der Waals surface area contributed by atoms with Crippen molar-refractivity contribution in [2.24, 2.45) is 11.8 Å². The highest BCUT2D eigenvalue weighted by molar-refractivity contribution is 6.34. The Kier molecular flexibility index (Phi) is 2.77. The molecule has 2 saturated heterocycles. The number of benzene rings is 1. The first-order valence-corrected chi connectivity index (χ1v) is 7.49. The first-order valence-electron chi connectivity index (χ1n) is 7.11. The molecule has 3 heterocycles. The van der Waals surface area contributed by atoms with Gasteiger partial charge in [-0.05, 0) is 25.1 Å². The lowest BCUT2D eigenvalue weighted by Crippen LogP contribution is -2.38. The zero-order valence-corrected chi connectivity index (χ0v) is 12.8. The number of hydrogen-bond donors (Lipinski definition) is 1. The molecule has 6 nitrogen and oxygen atoms in total. The predicted molar refractivity (Wildman–Crippen MR) is 80.3 cm³/mol. The molecule has 3 aliphatic rings. The quantitative estimate of drug-likeness (QED) is 0.660. The third kappa shape index (κ3) is 1.76. The minimum absolute atomic E-state index is 0.0533. The van der Waals surface area contributed by atoms with Crippen molar-refractivity contribution < 1.29 is 24.2 Å². The molecule has 2 bridgehead atoms. The number of amides is 2.